The fourth-order valence-electron chi connectivity index (χ4n) is 3.35. The van der Waals surface area contributed by atoms with Gasteiger partial charge in [-0.1, -0.05) is 17.7 Å². The van der Waals surface area contributed by atoms with Crippen LogP contribution in [0.3, 0.4) is 0 Å². The third kappa shape index (κ3) is 2.56. The van der Waals surface area contributed by atoms with Crippen molar-refractivity contribution >= 4 is 11.6 Å². The highest BCUT2D eigenvalue weighted by Crippen LogP contribution is 2.35. The SMILES string of the molecule is Clc1ccc2c(c1)CCCC2C1CNCCCN1. The van der Waals surface area contributed by atoms with Crippen LogP contribution >= 0.6 is 11.6 Å². The maximum atomic E-state index is 6.11. The molecule has 98 valence electrons. The van der Waals surface area contributed by atoms with Crippen LogP contribution in [0.4, 0.5) is 0 Å². The van der Waals surface area contributed by atoms with Gasteiger partial charge < -0.3 is 10.6 Å². The Morgan fingerprint density at radius 1 is 1.17 bits per heavy atom. The van der Waals surface area contributed by atoms with Crippen molar-refractivity contribution < 1.29 is 0 Å². The molecule has 0 radical (unpaired) electrons. The van der Waals surface area contributed by atoms with Gasteiger partial charge in [-0.05, 0) is 62.0 Å². The fourth-order valence-corrected chi connectivity index (χ4v) is 3.55. The van der Waals surface area contributed by atoms with Crippen LogP contribution < -0.4 is 10.6 Å². The minimum Gasteiger partial charge on any atom is -0.315 e. The molecule has 0 bridgehead atoms. The van der Waals surface area contributed by atoms with Crippen LogP contribution in [0.15, 0.2) is 18.2 Å². The summed E-state index contributed by atoms with van der Waals surface area (Å²) in [6.07, 6.45) is 5.01. The van der Waals surface area contributed by atoms with Crippen LogP contribution in [-0.4, -0.2) is 25.7 Å². The standard InChI is InChI=1S/C15H21ClN2/c16-12-5-6-13-11(9-12)3-1-4-14(13)15-10-17-7-2-8-18-15/h5-6,9,14-15,17-18H,1-4,7-8,10H2. The molecule has 0 spiro atoms. The number of nitrogens with one attached hydrogen (secondary N) is 2. The molecule has 1 fully saturated rings. The molecule has 2 atom stereocenters. The van der Waals surface area contributed by atoms with Crippen molar-refractivity contribution in [1.82, 2.24) is 10.6 Å². The molecule has 2 N–H and O–H groups in total. The van der Waals surface area contributed by atoms with Crippen molar-refractivity contribution in [3.05, 3.63) is 34.3 Å². The molecular weight excluding hydrogens is 244 g/mol. The summed E-state index contributed by atoms with van der Waals surface area (Å²) in [4.78, 5) is 0. The molecule has 0 saturated carbocycles. The smallest absolute Gasteiger partial charge is 0.0408 e. The summed E-state index contributed by atoms with van der Waals surface area (Å²) in [5.41, 5.74) is 2.98. The summed E-state index contributed by atoms with van der Waals surface area (Å²) in [7, 11) is 0. The second-order valence-corrected chi connectivity index (χ2v) is 5.90. The van der Waals surface area contributed by atoms with Gasteiger partial charge in [-0.25, -0.2) is 0 Å². The number of hydrogen-bond donors (Lipinski definition) is 2. The molecule has 0 amide bonds. The molecule has 3 heteroatoms. The molecule has 18 heavy (non-hydrogen) atoms. The molecule has 3 rings (SSSR count). The highest BCUT2D eigenvalue weighted by atomic mass is 35.5. The maximum absolute atomic E-state index is 6.11. The van der Waals surface area contributed by atoms with E-state index in [2.05, 4.69) is 22.8 Å². The van der Waals surface area contributed by atoms with Crippen LogP contribution in [0.25, 0.3) is 0 Å². The van der Waals surface area contributed by atoms with Crippen molar-refractivity contribution in [3.8, 4) is 0 Å². The topological polar surface area (TPSA) is 24.1 Å². The van der Waals surface area contributed by atoms with Gasteiger partial charge in [-0.2, -0.15) is 0 Å². The van der Waals surface area contributed by atoms with Crippen LogP contribution in [-0.2, 0) is 6.42 Å². The van der Waals surface area contributed by atoms with E-state index in [9.17, 15) is 0 Å². The molecule has 2 nitrogen and oxygen atoms in total. The van der Waals surface area contributed by atoms with E-state index in [1.807, 2.05) is 6.07 Å². The van der Waals surface area contributed by atoms with Gasteiger partial charge in [-0.15, -0.1) is 0 Å². The molecule has 2 aliphatic rings. The number of benzene rings is 1. The van der Waals surface area contributed by atoms with Crippen LogP contribution in [0.1, 0.15) is 36.3 Å². The molecule has 0 aromatic heterocycles. The quantitative estimate of drug-likeness (QED) is 0.815. The zero-order valence-corrected chi connectivity index (χ0v) is 11.5. The number of halogens is 1. The summed E-state index contributed by atoms with van der Waals surface area (Å²) < 4.78 is 0. The van der Waals surface area contributed by atoms with E-state index < -0.39 is 0 Å². The Morgan fingerprint density at radius 3 is 3.06 bits per heavy atom. The second kappa shape index (κ2) is 5.60. The van der Waals surface area contributed by atoms with E-state index in [1.54, 1.807) is 0 Å². The molecule has 1 saturated heterocycles. The second-order valence-electron chi connectivity index (χ2n) is 5.46. The lowest BCUT2D eigenvalue weighted by molar-refractivity contribution is 0.399. The van der Waals surface area contributed by atoms with Crippen molar-refractivity contribution in [2.75, 3.05) is 19.6 Å². The molecular formula is C15H21ClN2. The van der Waals surface area contributed by atoms with Gasteiger partial charge in [0.1, 0.15) is 0 Å². The Kier molecular flexibility index (Phi) is 3.88. The van der Waals surface area contributed by atoms with Gasteiger partial charge in [0.2, 0.25) is 0 Å². The first-order valence-corrected chi connectivity index (χ1v) is 7.45. The maximum Gasteiger partial charge on any atom is 0.0408 e. The third-order valence-electron chi connectivity index (χ3n) is 4.25. The van der Waals surface area contributed by atoms with E-state index in [1.165, 1.54) is 36.8 Å². The number of hydrogen-bond acceptors (Lipinski definition) is 2. The fraction of sp³-hybridized carbons (Fsp3) is 0.600. The first-order valence-electron chi connectivity index (χ1n) is 7.07. The van der Waals surface area contributed by atoms with Gasteiger partial charge >= 0.3 is 0 Å². The monoisotopic (exact) mass is 264 g/mol. The summed E-state index contributed by atoms with van der Waals surface area (Å²) in [6, 6.07) is 7.03. The minimum absolute atomic E-state index is 0.577. The summed E-state index contributed by atoms with van der Waals surface area (Å²) in [6.45, 7) is 3.37. The van der Waals surface area contributed by atoms with Gasteiger partial charge in [0.05, 0.1) is 0 Å². The molecule has 1 heterocycles. The van der Waals surface area contributed by atoms with E-state index in [-0.39, 0.29) is 0 Å². The Balaban J connectivity index is 1.85. The van der Waals surface area contributed by atoms with Crippen LogP contribution in [0.5, 0.6) is 0 Å². The molecule has 2 unspecified atom stereocenters. The molecule has 1 aromatic rings. The van der Waals surface area contributed by atoms with E-state index in [4.69, 9.17) is 11.6 Å². The highest BCUT2D eigenvalue weighted by molar-refractivity contribution is 6.30. The lowest BCUT2D eigenvalue weighted by Gasteiger charge is -2.32. The lowest BCUT2D eigenvalue weighted by Crippen LogP contribution is -2.41. The number of fused-ring (bicyclic) bond motifs is 1. The van der Waals surface area contributed by atoms with Gasteiger partial charge in [0.15, 0.2) is 0 Å². The average molecular weight is 265 g/mol. The van der Waals surface area contributed by atoms with E-state index in [0.29, 0.717) is 12.0 Å². The third-order valence-corrected chi connectivity index (χ3v) is 4.49. The normalized spacial score (nSPS) is 28.5. The van der Waals surface area contributed by atoms with E-state index >= 15 is 0 Å². The number of rotatable bonds is 1. The lowest BCUT2D eigenvalue weighted by atomic mass is 9.78. The first kappa shape index (κ1) is 12.5. The Hall–Kier alpha value is -0.570. The Labute approximate surface area is 114 Å². The summed E-state index contributed by atoms with van der Waals surface area (Å²) >= 11 is 6.11. The van der Waals surface area contributed by atoms with Gasteiger partial charge in [0, 0.05) is 23.5 Å². The van der Waals surface area contributed by atoms with Crippen molar-refractivity contribution in [2.24, 2.45) is 0 Å². The highest BCUT2D eigenvalue weighted by Gasteiger charge is 2.28. The van der Waals surface area contributed by atoms with Crippen LogP contribution in [0.2, 0.25) is 5.02 Å². The Bertz CT molecular complexity index is 411. The number of aryl methyl sites for hydroxylation is 1. The van der Waals surface area contributed by atoms with Crippen molar-refractivity contribution in [2.45, 2.75) is 37.6 Å². The zero-order valence-electron chi connectivity index (χ0n) is 10.7. The molecule has 1 aromatic carbocycles. The summed E-state index contributed by atoms with van der Waals surface area (Å²) in [5, 5.41) is 8.14. The molecule has 1 aliphatic heterocycles. The van der Waals surface area contributed by atoms with Crippen molar-refractivity contribution in [3.63, 3.8) is 0 Å². The predicted octanol–water partition coefficient (Wildman–Crippen LogP) is 2.71. The minimum atomic E-state index is 0.577. The first-order chi connectivity index (χ1) is 8.84. The summed E-state index contributed by atoms with van der Waals surface area (Å²) in [5.74, 6) is 0.650. The largest absolute Gasteiger partial charge is 0.315 e. The van der Waals surface area contributed by atoms with Gasteiger partial charge in [-0.3, -0.25) is 0 Å². The predicted molar refractivity (Wildman–Crippen MR) is 76.4 cm³/mol. The van der Waals surface area contributed by atoms with Crippen LogP contribution in [0, 0.1) is 0 Å². The van der Waals surface area contributed by atoms with Crippen molar-refractivity contribution in [1.29, 1.82) is 0 Å². The van der Waals surface area contributed by atoms with E-state index in [0.717, 1.165) is 24.7 Å². The van der Waals surface area contributed by atoms with Gasteiger partial charge in [0.25, 0.3) is 0 Å². The zero-order chi connectivity index (χ0) is 12.4. The Morgan fingerprint density at radius 2 is 2.11 bits per heavy atom. The molecule has 1 aliphatic carbocycles. The average Bonchev–Trinajstić information content (AvgIpc) is 2.66.